The van der Waals surface area contributed by atoms with Crippen molar-refractivity contribution >= 4 is 29.9 Å². The SMILES string of the molecule is Cl.O=C(c1cccc(F)c1Cl)N1CCC2(CCNC2)C1. The first-order chi connectivity index (χ1) is 9.11. The third-order valence-corrected chi connectivity index (χ3v) is 4.62. The molecule has 2 heterocycles. The number of carbonyl (C=O) groups excluding carboxylic acids is 1. The molecule has 1 aromatic rings. The third-order valence-electron chi connectivity index (χ3n) is 4.24. The van der Waals surface area contributed by atoms with Crippen molar-refractivity contribution < 1.29 is 9.18 Å². The summed E-state index contributed by atoms with van der Waals surface area (Å²) in [6.45, 7) is 3.45. The minimum absolute atomic E-state index is 0. The van der Waals surface area contributed by atoms with Crippen molar-refractivity contribution in [3.05, 3.63) is 34.6 Å². The highest BCUT2D eigenvalue weighted by molar-refractivity contribution is 6.34. The molecule has 1 amide bonds. The number of amides is 1. The number of halogens is 3. The van der Waals surface area contributed by atoms with Gasteiger partial charge in [0, 0.05) is 25.0 Å². The van der Waals surface area contributed by atoms with Crippen molar-refractivity contribution in [2.24, 2.45) is 5.41 Å². The molecular weight excluding hydrogens is 302 g/mol. The van der Waals surface area contributed by atoms with Crippen molar-refractivity contribution in [2.45, 2.75) is 12.8 Å². The lowest BCUT2D eigenvalue weighted by atomic mass is 9.86. The van der Waals surface area contributed by atoms with E-state index in [1.165, 1.54) is 12.1 Å². The van der Waals surface area contributed by atoms with Crippen LogP contribution in [0.4, 0.5) is 4.39 Å². The Morgan fingerprint density at radius 2 is 2.20 bits per heavy atom. The van der Waals surface area contributed by atoms with Gasteiger partial charge in [-0.15, -0.1) is 12.4 Å². The van der Waals surface area contributed by atoms with Crippen LogP contribution in [-0.4, -0.2) is 37.0 Å². The van der Waals surface area contributed by atoms with E-state index in [2.05, 4.69) is 5.32 Å². The number of nitrogens with one attached hydrogen (secondary N) is 1. The summed E-state index contributed by atoms with van der Waals surface area (Å²) < 4.78 is 13.4. The Labute approximate surface area is 128 Å². The maximum absolute atomic E-state index is 13.4. The number of nitrogens with zero attached hydrogens (tertiary/aromatic N) is 1. The van der Waals surface area contributed by atoms with Gasteiger partial charge in [-0.2, -0.15) is 0 Å². The largest absolute Gasteiger partial charge is 0.338 e. The Morgan fingerprint density at radius 3 is 2.90 bits per heavy atom. The van der Waals surface area contributed by atoms with Crippen LogP contribution in [0.3, 0.4) is 0 Å². The molecule has 2 aliphatic heterocycles. The van der Waals surface area contributed by atoms with Crippen LogP contribution in [0.2, 0.25) is 5.02 Å². The summed E-state index contributed by atoms with van der Waals surface area (Å²) in [6, 6.07) is 4.38. The van der Waals surface area contributed by atoms with Crippen LogP contribution in [-0.2, 0) is 0 Å². The smallest absolute Gasteiger partial charge is 0.255 e. The monoisotopic (exact) mass is 318 g/mol. The molecule has 0 bridgehead atoms. The molecule has 2 saturated heterocycles. The summed E-state index contributed by atoms with van der Waals surface area (Å²) in [5, 5.41) is 3.28. The first-order valence-electron chi connectivity index (χ1n) is 6.55. The highest BCUT2D eigenvalue weighted by atomic mass is 35.5. The van der Waals surface area contributed by atoms with E-state index in [-0.39, 0.29) is 34.3 Å². The van der Waals surface area contributed by atoms with E-state index >= 15 is 0 Å². The van der Waals surface area contributed by atoms with Crippen LogP contribution in [0.5, 0.6) is 0 Å². The lowest BCUT2D eigenvalue weighted by Gasteiger charge is -2.23. The molecule has 1 spiro atoms. The van der Waals surface area contributed by atoms with Crippen molar-refractivity contribution in [3.8, 4) is 0 Å². The van der Waals surface area contributed by atoms with Crippen LogP contribution in [0, 0.1) is 11.2 Å². The molecule has 0 saturated carbocycles. The second kappa shape index (κ2) is 5.88. The lowest BCUT2D eigenvalue weighted by Crippen LogP contribution is -2.33. The first kappa shape index (κ1) is 15.5. The van der Waals surface area contributed by atoms with Gasteiger partial charge in [-0.05, 0) is 31.5 Å². The van der Waals surface area contributed by atoms with E-state index in [0.29, 0.717) is 0 Å². The Bertz CT molecular complexity index is 518. The van der Waals surface area contributed by atoms with Gasteiger partial charge in [-0.1, -0.05) is 17.7 Å². The van der Waals surface area contributed by atoms with E-state index in [0.717, 1.165) is 39.0 Å². The highest BCUT2D eigenvalue weighted by Crippen LogP contribution is 2.37. The van der Waals surface area contributed by atoms with Crippen molar-refractivity contribution in [1.82, 2.24) is 10.2 Å². The zero-order chi connectivity index (χ0) is 13.5. The number of likely N-dealkylation sites (tertiary alicyclic amines) is 1. The molecule has 20 heavy (non-hydrogen) atoms. The summed E-state index contributed by atoms with van der Waals surface area (Å²) in [4.78, 5) is 14.2. The molecule has 6 heteroatoms. The summed E-state index contributed by atoms with van der Waals surface area (Å²) in [5.74, 6) is -0.697. The van der Waals surface area contributed by atoms with E-state index < -0.39 is 5.82 Å². The third kappa shape index (κ3) is 2.65. The first-order valence-corrected chi connectivity index (χ1v) is 6.93. The maximum Gasteiger partial charge on any atom is 0.255 e. The van der Waals surface area contributed by atoms with E-state index in [4.69, 9.17) is 11.6 Å². The second-order valence-corrected chi connectivity index (χ2v) is 5.88. The fraction of sp³-hybridized carbons (Fsp3) is 0.500. The zero-order valence-electron chi connectivity index (χ0n) is 11.0. The predicted octanol–water partition coefficient (Wildman–Crippen LogP) is 2.73. The number of hydrogen-bond donors (Lipinski definition) is 1. The number of rotatable bonds is 1. The van der Waals surface area contributed by atoms with Crippen LogP contribution >= 0.6 is 24.0 Å². The molecule has 1 unspecified atom stereocenters. The van der Waals surface area contributed by atoms with Gasteiger partial charge in [-0.25, -0.2) is 4.39 Å². The maximum atomic E-state index is 13.4. The summed E-state index contributed by atoms with van der Waals surface area (Å²) >= 11 is 5.88. The molecule has 0 radical (unpaired) electrons. The van der Waals surface area contributed by atoms with Crippen LogP contribution in [0.25, 0.3) is 0 Å². The average Bonchev–Trinajstić information content (AvgIpc) is 3.03. The predicted molar refractivity (Wildman–Crippen MR) is 79.1 cm³/mol. The van der Waals surface area contributed by atoms with Crippen LogP contribution in [0.1, 0.15) is 23.2 Å². The molecule has 110 valence electrons. The van der Waals surface area contributed by atoms with Crippen LogP contribution in [0.15, 0.2) is 18.2 Å². The number of benzene rings is 1. The molecule has 0 aromatic heterocycles. The number of hydrogen-bond acceptors (Lipinski definition) is 2. The van der Waals surface area contributed by atoms with Gasteiger partial charge in [0.2, 0.25) is 0 Å². The molecular formula is C14H17Cl2FN2O. The summed E-state index contributed by atoms with van der Waals surface area (Å²) in [7, 11) is 0. The molecule has 1 aromatic carbocycles. The van der Waals surface area contributed by atoms with Gasteiger partial charge in [0.05, 0.1) is 10.6 Å². The summed E-state index contributed by atoms with van der Waals surface area (Å²) in [5.41, 5.74) is 0.486. The van der Waals surface area contributed by atoms with Gasteiger partial charge in [0.25, 0.3) is 5.91 Å². The van der Waals surface area contributed by atoms with Gasteiger partial charge in [0.15, 0.2) is 0 Å². The van der Waals surface area contributed by atoms with E-state index in [9.17, 15) is 9.18 Å². The van der Waals surface area contributed by atoms with Gasteiger partial charge < -0.3 is 10.2 Å². The fourth-order valence-corrected chi connectivity index (χ4v) is 3.30. The van der Waals surface area contributed by atoms with Gasteiger partial charge in [0.1, 0.15) is 5.82 Å². The minimum atomic E-state index is -0.538. The quantitative estimate of drug-likeness (QED) is 0.863. The summed E-state index contributed by atoms with van der Waals surface area (Å²) in [6.07, 6.45) is 2.12. The van der Waals surface area contributed by atoms with E-state index in [1.54, 1.807) is 11.0 Å². The Hall–Kier alpha value is -0.840. The van der Waals surface area contributed by atoms with Crippen LogP contribution < -0.4 is 5.32 Å². The molecule has 2 fully saturated rings. The molecule has 3 nitrogen and oxygen atoms in total. The van der Waals surface area contributed by atoms with Crippen molar-refractivity contribution in [1.29, 1.82) is 0 Å². The molecule has 2 aliphatic rings. The van der Waals surface area contributed by atoms with Gasteiger partial charge >= 0.3 is 0 Å². The molecule has 0 aliphatic carbocycles. The lowest BCUT2D eigenvalue weighted by molar-refractivity contribution is 0.0775. The fourth-order valence-electron chi connectivity index (χ4n) is 3.09. The molecule has 1 atom stereocenters. The average molecular weight is 319 g/mol. The van der Waals surface area contributed by atoms with Gasteiger partial charge in [-0.3, -0.25) is 4.79 Å². The Kier molecular flexibility index (Phi) is 4.57. The van der Waals surface area contributed by atoms with Crippen molar-refractivity contribution in [3.63, 3.8) is 0 Å². The second-order valence-electron chi connectivity index (χ2n) is 5.50. The zero-order valence-corrected chi connectivity index (χ0v) is 12.6. The minimum Gasteiger partial charge on any atom is -0.338 e. The topological polar surface area (TPSA) is 32.3 Å². The normalized spacial score (nSPS) is 25.0. The highest BCUT2D eigenvalue weighted by Gasteiger charge is 2.42. The molecule has 1 N–H and O–H groups in total. The standard InChI is InChI=1S/C14H16ClFN2O.ClH/c15-12-10(2-1-3-11(12)16)13(19)18-7-5-14(9-18)4-6-17-8-14;/h1-3,17H,4-9H2;1H. The molecule has 3 rings (SSSR count). The van der Waals surface area contributed by atoms with E-state index in [1.807, 2.05) is 0 Å². The Balaban J connectivity index is 0.00000147. The Morgan fingerprint density at radius 1 is 1.40 bits per heavy atom. The van der Waals surface area contributed by atoms with Crippen molar-refractivity contribution in [2.75, 3.05) is 26.2 Å². The number of carbonyl (C=O) groups is 1.